The molecule has 0 amide bonds. The topological polar surface area (TPSA) is 42.1 Å². The quantitative estimate of drug-likeness (QED) is 0.829. The summed E-state index contributed by atoms with van der Waals surface area (Å²) >= 11 is 6.00. The van der Waals surface area contributed by atoms with E-state index in [2.05, 4.69) is 28.9 Å². The molecule has 0 saturated heterocycles. The fourth-order valence-electron chi connectivity index (χ4n) is 1.94. The standard InChI is InChI=1S/C15H18ClN3/c1-2-3-9-19(13-7-5-4-6-8-13)15-11-12(17)10-14(16)18-15/h4-8,10-11H,2-3,9H2,1H3,(H2,17,18). The lowest BCUT2D eigenvalue weighted by Gasteiger charge is -2.24. The zero-order valence-electron chi connectivity index (χ0n) is 11.0. The lowest BCUT2D eigenvalue weighted by molar-refractivity contribution is 0.780. The van der Waals surface area contributed by atoms with Crippen molar-refractivity contribution >= 4 is 28.8 Å². The van der Waals surface area contributed by atoms with Crippen LogP contribution in [0.3, 0.4) is 0 Å². The third-order valence-electron chi connectivity index (χ3n) is 2.88. The number of anilines is 3. The van der Waals surface area contributed by atoms with E-state index in [1.54, 1.807) is 6.07 Å². The molecule has 0 spiro atoms. The van der Waals surface area contributed by atoms with Gasteiger partial charge in [-0.1, -0.05) is 43.1 Å². The SMILES string of the molecule is CCCCN(c1ccccc1)c1cc(N)cc(Cl)n1. The predicted octanol–water partition coefficient (Wildman–Crippen LogP) is 4.26. The molecule has 0 aliphatic rings. The Morgan fingerprint density at radius 3 is 2.58 bits per heavy atom. The minimum atomic E-state index is 0.424. The second kappa shape index (κ2) is 6.43. The molecule has 0 bridgehead atoms. The summed E-state index contributed by atoms with van der Waals surface area (Å²) < 4.78 is 0. The molecule has 1 aromatic carbocycles. The van der Waals surface area contributed by atoms with Crippen molar-refractivity contribution in [2.75, 3.05) is 17.2 Å². The Morgan fingerprint density at radius 1 is 1.21 bits per heavy atom. The highest BCUT2D eigenvalue weighted by Crippen LogP contribution is 2.27. The number of hydrogen-bond donors (Lipinski definition) is 1. The molecule has 0 unspecified atom stereocenters. The van der Waals surface area contributed by atoms with Crippen LogP contribution in [0.1, 0.15) is 19.8 Å². The summed E-state index contributed by atoms with van der Waals surface area (Å²) in [6.45, 7) is 3.07. The molecule has 2 N–H and O–H groups in total. The smallest absolute Gasteiger partial charge is 0.136 e. The first-order valence-electron chi connectivity index (χ1n) is 6.46. The van der Waals surface area contributed by atoms with Gasteiger partial charge in [-0.15, -0.1) is 0 Å². The van der Waals surface area contributed by atoms with Crippen LogP contribution in [-0.4, -0.2) is 11.5 Å². The molecule has 19 heavy (non-hydrogen) atoms. The maximum atomic E-state index is 6.00. The third kappa shape index (κ3) is 3.61. The van der Waals surface area contributed by atoms with E-state index < -0.39 is 0 Å². The van der Waals surface area contributed by atoms with Crippen LogP contribution in [0.25, 0.3) is 0 Å². The van der Waals surface area contributed by atoms with Gasteiger partial charge in [0.25, 0.3) is 0 Å². The zero-order chi connectivity index (χ0) is 13.7. The maximum absolute atomic E-state index is 6.00. The van der Waals surface area contributed by atoms with Gasteiger partial charge in [-0.05, 0) is 24.6 Å². The molecule has 0 atom stereocenters. The fourth-order valence-corrected chi connectivity index (χ4v) is 2.15. The average molecular weight is 276 g/mol. The molecule has 4 heteroatoms. The second-order valence-electron chi connectivity index (χ2n) is 4.42. The van der Waals surface area contributed by atoms with E-state index in [4.69, 9.17) is 17.3 Å². The highest BCUT2D eigenvalue weighted by molar-refractivity contribution is 6.29. The molecular weight excluding hydrogens is 258 g/mol. The molecule has 3 nitrogen and oxygen atoms in total. The minimum absolute atomic E-state index is 0.424. The molecule has 0 fully saturated rings. The first-order chi connectivity index (χ1) is 9.20. The molecule has 0 aliphatic heterocycles. The van der Waals surface area contributed by atoms with Crippen LogP contribution in [0.2, 0.25) is 5.15 Å². The van der Waals surface area contributed by atoms with Gasteiger partial charge in [0.15, 0.2) is 0 Å². The first-order valence-corrected chi connectivity index (χ1v) is 6.84. The summed E-state index contributed by atoms with van der Waals surface area (Å²) in [5.74, 6) is 0.796. The van der Waals surface area contributed by atoms with Crippen molar-refractivity contribution in [3.63, 3.8) is 0 Å². The van der Waals surface area contributed by atoms with E-state index in [1.165, 1.54) is 0 Å². The van der Waals surface area contributed by atoms with Crippen LogP contribution >= 0.6 is 11.6 Å². The van der Waals surface area contributed by atoms with Gasteiger partial charge in [0.2, 0.25) is 0 Å². The maximum Gasteiger partial charge on any atom is 0.136 e. The normalized spacial score (nSPS) is 10.4. The minimum Gasteiger partial charge on any atom is -0.399 e. The van der Waals surface area contributed by atoms with Crippen molar-refractivity contribution in [2.45, 2.75) is 19.8 Å². The molecule has 100 valence electrons. The highest BCUT2D eigenvalue weighted by atomic mass is 35.5. The van der Waals surface area contributed by atoms with Gasteiger partial charge in [-0.3, -0.25) is 0 Å². The van der Waals surface area contributed by atoms with E-state index in [0.29, 0.717) is 10.8 Å². The third-order valence-corrected chi connectivity index (χ3v) is 3.08. The van der Waals surface area contributed by atoms with E-state index in [1.807, 2.05) is 24.3 Å². The van der Waals surface area contributed by atoms with Crippen molar-refractivity contribution in [3.05, 3.63) is 47.6 Å². The number of nitrogen functional groups attached to an aromatic ring is 1. The number of unbranched alkanes of at least 4 members (excludes halogenated alkanes) is 1. The number of hydrogen-bond acceptors (Lipinski definition) is 3. The van der Waals surface area contributed by atoms with Crippen molar-refractivity contribution in [2.24, 2.45) is 0 Å². The zero-order valence-corrected chi connectivity index (χ0v) is 11.8. The van der Waals surface area contributed by atoms with Gasteiger partial charge in [0, 0.05) is 24.0 Å². The van der Waals surface area contributed by atoms with Crippen molar-refractivity contribution in [1.82, 2.24) is 4.98 Å². The van der Waals surface area contributed by atoms with Crippen LogP contribution in [0.4, 0.5) is 17.2 Å². The summed E-state index contributed by atoms with van der Waals surface area (Å²) in [6.07, 6.45) is 2.21. The largest absolute Gasteiger partial charge is 0.399 e. The van der Waals surface area contributed by atoms with Crippen molar-refractivity contribution in [3.8, 4) is 0 Å². The Kier molecular flexibility index (Phi) is 4.63. The van der Waals surface area contributed by atoms with Crippen LogP contribution in [0, 0.1) is 0 Å². The average Bonchev–Trinajstić information content (AvgIpc) is 2.39. The van der Waals surface area contributed by atoms with Crippen molar-refractivity contribution < 1.29 is 0 Å². The summed E-state index contributed by atoms with van der Waals surface area (Å²) in [7, 11) is 0. The number of pyridine rings is 1. The number of benzene rings is 1. The van der Waals surface area contributed by atoms with Gasteiger partial charge < -0.3 is 10.6 Å². The monoisotopic (exact) mass is 275 g/mol. The number of aromatic nitrogens is 1. The fraction of sp³-hybridized carbons (Fsp3) is 0.267. The molecule has 2 rings (SSSR count). The molecule has 2 aromatic rings. The lowest BCUT2D eigenvalue weighted by atomic mass is 10.2. The Labute approximate surface area is 119 Å². The summed E-state index contributed by atoms with van der Waals surface area (Å²) in [5, 5.41) is 0.424. The van der Waals surface area contributed by atoms with Crippen LogP contribution in [0.5, 0.6) is 0 Å². The number of para-hydroxylation sites is 1. The van der Waals surface area contributed by atoms with Crippen LogP contribution in [-0.2, 0) is 0 Å². The summed E-state index contributed by atoms with van der Waals surface area (Å²) in [6, 6.07) is 13.7. The second-order valence-corrected chi connectivity index (χ2v) is 4.81. The molecule has 0 saturated carbocycles. The van der Waals surface area contributed by atoms with Crippen molar-refractivity contribution in [1.29, 1.82) is 0 Å². The molecule has 0 radical (unpaired) electrons. The van der Waals surface area contributed by atoms with E-state index in [9.17, 15) is 0 Å². The van der Waals surface area contributed by atoms with E-state index in [0.717, 1.165) is 30.9 Å². The van der Waals surface area contributed by atoms with Gasteiger partial charge in [-0.25, -0.2) is 4.98 Å². The molecule has 1 heterocycles. The van der Waals surface area contributed by atoms with E-state index in [-0.39, 0.29) is 0 Å². The number of nitrogens with two attached hydrogens (primary N) is 1. The Morgan fingerprint density at radius 2 is 1.95 bits per heavy atom. The highest BCUT2D eigenvalue weighted by Gasteiger charge is 2.11. The Bertz CT molecular complexity index is 508. The number of rotatable bonds is 5. The Balaban J connectivity index is 2.36. The van der Waals surface area contributed by atoms with Crippen LogP contribution < -0.4 is 10.6 Å². The van der Waals surface area contributed by atoms with Gasteiger partial charge in [-0.2, -0.15) is 0 Å². The van der Waals surface area contributed by atoms with Gasteiger partial charge in [0.1, 0.15) is 11.0 Å². The Hall–Kier alpha value is -1.74. The lowest BCUT2D eigenvalue weighted by Crippen LogP contribution is -2.19. The van der Waals surface area contributed by atoms with Crippen LogP contribution in [0.15, 0.2) is 42.5 Å². The molecule has 0 aliphatic carbocycles. The van der Waals surface area contributed by atoms with E-state index >= 15 is 0 Å². The van der Waals surface area contributed by atoms with Gasteiger partial charge in [0.05, 0.1) is 0 Å². The molecule has 1 aromatic heterocycles. The number of halogens is 1. The molecular formula is C15H18ClN3. The predicted molar refractivity (Wildman–Crippen MR) is 82.0 cm³/mol. The van der Waals surface area contributed by atoms with Gasteiger partial charge >= 0.3 is 0 Å². The number of nitrogens with zero attached hydrogens (tertiary/aromatic N) is 2. The summed E-state index contributed by atoms with van der Waals surface area (Å²) in [5.41, 5.74) is 7.59. The summed E-state index contributed by atoms with van der Waals surface area (Å²) in [4.78, 5) is 6.52. The first kappa shape index (κ1) is 13.7.